The Hall–Kier alpha value is 0. The largest absolute Gasteiger partial charge is 0.0617 e. The molecule has 0 spiro atoms. The lowest BCUT2D eigenvalue weighted by atomic mass is 9.38. The van der Waals surface area contributed by atoms with Gasteiger partial charge in [0.05, 0.1) is 0 Å². The molecule has 0 aromatic rings. The summed E-state index contributed by atoms with van der Waals surface area (Å²) in [5.41, 5.74) is 1.38. The first-order valence-electron chi connectivity index (χ1n) is 6.46. The summed E-state index contributed by atoms with van der Waals surface area (Å²) in [6.45, 7) is 10.2. The molecular formula is C14H24. The van der Waals surface area contributed by atoms with Gasteiger partial charge in [-0.25, -0.2) is 0 Å². The molecule has 4 fully saturated rings. The van der Waals surface area contributed by atoms with Crippen molar-refractivity contribution in [2.45, 2.75) is 53.4 Å². The molecule has 0 heterocycles. The van der Waals surface area contributed by atoms with Crippen LogP contribution in [0.3, 0.4) is 0 Å². The van der Waals surface area contributed by atoms with E-state index in [0.29, 0.717) is 10.8 Å². The van der Waals surface area contributed by atoms with Gasteiger partial charge in [-0.05, 0) is 60.2 Å². The molecule has 0 N–H and O–H groups in total. The van der Waals surface area contributed by atoms with Gasteiger partial charge < -0.3 is 0 Å². The van der Waals surface area contributed by atoms with E-state index < -0.39 is 0 Å². The third-order valence-corrected chi connectivity index (χ3v) is 6.63. The summed E-state index contributed by atoms with van der Waals surface area (Å²) in [4.78, 5) is 0. The van der Waals surface area contributed by atoms with Crippen LogP contribution in [0.4, 0.5) is 0 Å². The third kappa shape index (κ3) is 0.864. The molecule has 0 radical (unpaired) electrons. The van der Waals surface area contributed by atoms with Gasteiger partial charge >= 0.3 is 0 Å². The minimum atomic E-state index is 0.679. The van der Waals surface area contributed by atoms with E-state index in [2.05, 4.69) is 27.7 Å². The second kappa shape index (κ2) is 2.39. The van der Waals surface area contributed by atoms with Crippen LogP contribution in [-0.4, -0.2) is 0 Å². The normalized spacial score (nSPS) is 66.0. The van der Waals surface area contributed by atoms with Crippen LogP contribution < -0.4 is 0 Å². The van der Waals surface area contributed by atoms with E-state index in [-0.39, 0.29) is 0 Å². The average Bonchev–Trinajstić information content (AvgIpc) is 2.10. The molecule has 0 saturated heterocycles. The molecule has 0 aromatic carbocycles. The molecule has 4 aliphatic carbocycles. The van der Waals surface area contributed by atoms with Crippen LogP contribution in [0.15, 0.2) is 0 Å². The van der Waals surface area contributed by atoms with Gasteiger partial charge in [-0.2, -0.15) is 0 Å². The Morgan fingerprint density at radius 2 is 1.71 bits per heavy atom. The summed E-state index contributed by atoms with van der Waals surface area (Å²) in [6, 6.07) is 0. The van der Waals surface area contributed by atoms with Gasteiger partial charge in [0.1, 0.15) is 0 Å². The molecule has 6 atom stereocenters. The molecule has 14 heavy (non-hydrogen) atoms. The molecule has 4 rings (SSSR count). The predicted octanol–water partition coefficient (Wildman–Crippen LogP) is 4.10. The van der Waals surface area contributed by atoms with Crippen molar-refractivity contribution in [3.8, 4) is 0 Å². The fourth-order valence-electron chi connectivity index (χ4n) is 5.54. The number of hydrogen-bond donors (Lipinski definition) is 0. The van der Waals surface area contributed by atoms with Crippen LogP contribution in [0.1, 0.15) is 53.4 Å². The predicted molar refractivity (Wildman–Crippen MR) is 60.0 cm³/mol. The highest BCUT2D eigenvalue weighted by molar-refractivity contribution is 5.10. The van der Waals surface area contributed by atoms with Gasteiger partial charge in [0.25, 0.3) is 0 Å². The summed E-state index contributed by atoms with van der Waals surface area (Å²) in [6.07, 6.45) is 6.15. The Morgan fingerprint density at radius 1 is 1.00 bits per heavy atom. The minimum absolute atomic E-state index is 0.679. The SMILES string of the molecule is CC1C2CC3CC(C)(C2)C(C)C1(C)C3. The van der Waals surface area contributed by atoms with E-state index >= 15 is 0 Å². The highest BCUT2D eigenvalue weighted by Crippen LogP contribution is 2.69. The van der Waals surface area contributed by atoms with Crippen molar-refractivity contribution in [1.82, 2.24) is 0 Å². The van der Waals surface area contributed by atoms with Gasteiger partial charge in [0.2, 0.25) is 0 Å². The second-order valence-electron chi connectivity index (χ2n) is 7.14. The standard InChI is InChI=1S/C14H24/c1-9-12-5-11-6-13(3,8-12)10(2)14(9,4)7-11/h9-12H,5-8H2,1-4H3. The molecule has 0 heteroatoms. The Kier molecular flexibility index (Phi) is 1.58. The van der Waals surface area contributed by atoms with Crippen molar-refractivity contribution < 1.29 is 0 Å². The van der Waals surface area contributed by atoms with Crippen LogP contribution in [0.25, 0.3) is 0 Å². The summed E-state index contributed by atoms with van der Waals surface area (Å²) in [5, 5.41) is 0. The lowest BCUT2D eigenvalue weighted by Crippen LogP contribution is -2.59. The minimum Gasteiger partial charge on any atom is -0.0617 e. The molecule has 4 aliphatic rings. The van der Waals surface area contributed by atoms with Crippen molar-refractivity contribution >= 4 is 0 Å². The molecule has 80 valence electrons. The molecule has 0 aromatic heterocycles. The van der Waals surface area contributed by atoms with Gasteiger partial charge in [-0.1, -0.05) is 27.7 Å². The van der Waals surface area contributed by atoms with E-state index in [9.17, 15) is 0 Å². The van der Waals surface area contributed by atoms with Crippen LogP contribution in [0.2, 0.25) is 0 Å². The fourth-order valence-corrected chi connectivity index (χ4v) is 5.54. The second-order valence-corrected chi connectivity index (χ2v) is 7.14. The zero-order valence-electron chi connectivity index (χ0n) is 10.1. The quantitative estimate of drug-likeness (QED) is 0.542. The van der Waals surface area contributed by atoms with Crippen LogP contribution in [0, 0.1) is 34.5 Å². The van der Waals surface area contributed by atoms with Crippen molar-refractivity contribution in [3.05, 3.63) is 0 Å². The van der Waals surface area contributed by atoms with Crippen molar-refractivity contribution in [1.29, 1.82) is 0 Å². The van der Waals surface area contributed by atoms with Crippen LogP contribution in [0.5, 0.6) is 0 Å². The highest BCUT2D eigenvalue weighted by Gasteiger charge is 2.61. The summed E-state index contributed by atoms with van der Waals surface area (Å²) in [7, 11) is 0. The van der Waals surface area contributed by atoms with E-state index in [0.717, 1.165) is 23.7 Å². The third-order valence-electron chi connectivity index (χ3n) is 6.63. The number of rotatable bonds is 0. The average molecular weight is 192 g/mol. The van der Waals surface area contributed by atoms with Gasteiger partial charge in [0.15, 0.2) is 0 Å². The molecule has 0 nitrogen and oxygen atoms in total. The Balaban J connectivity index is 2.06. The fraction of sp³-hybridized carbons (Fsp3) is 1.00. The van der Waals surface area contributed by atoms with Crippen molar-refractivity contribution in [2.24, 2.45) is 34.5 Å². The monoisotopic (exact) mass is 192 g/mol. The Bertz CT molecular complexity index is 269. The van der Waals surface area contributed by atoms with Gasteiger partial charge in [0, 0.05) is 0 Å². The molecular weight excluding hydrogens is 168 g/mol. The molecule has 4 saturated carbocycles. The molecule has 0 aliphatic heterocycles. The Morgan fingerprint density at radius 3 is 2.43 bits per heavy atom. The van der Waals surface area contributed by atoms with E-state index in [4.69, 9.17) is 0 Å². The first kappa shape index (κ1) is 9.24. The van der Waals surface area contributed by atoms with E-state index in [1.807, 2.05) is 0 Å². The zero-order chi connectivity index (χ0) is 10.1. The Labute approximate surface area is 88.5 Å². The first-order chi connectivity index (χ1) is 6.46. The molecule has 6 unspecified atom stereocenters. The topological polar surface area (TPSA) is 0 Å². The molecule has 4 bridgehead atoms. The summed E-state index contributed by atoms with van der Waals surface area (Å²) < 4.78 is 0. The van der Waals surface area contributed by atoms with Crippen LogP contribution >= 0.6 is 0 Å². The first-order valence-corrected chi connectivity index (χ1v) is 6.46. The lowest BCUT2D eigenvalue weighted by molar-refractivity contribution is -0.179. The smallest absolute Gasteiger partial charge is 0.0264 e. The zero-order valence-corrected chi connectivity index (χ0v) is 10.1. The maximum atomic E-state index is 2.58. The highest BCUT2D eigenvalue weighted by atomic mass is 14.7. The maximum Gasteiger partial charge on any atom is -0.0264 e. The lowest BCUT2D eigenvalue weighted by Gasteiger charge is -2.67. The van der Waals surface area contributed by atoms with E-state index in [1.54, 1.807) is 6.42 Å². The summed E-state index contributed by atoms with van der Waals surface area (Å²) >= 11 is 0. The molecule has 0 amide bonds. The summed E-state index contributed by atoms with van der Waals surface area (Å²) in [5.74, 6) is 4.09. The van der Waals surface area contributed by atoms with Gasteiger partial charge in [-0.15, -0.1) is 0 Å². The maximum absolute atomic E-state index is 2.58. The van der Waals surface area contributed by atoms with Crippen molar-refractivity contribution in [3.63, 3.8) is 0 Å². The van der Waals surface area contributed by atoms with E-state index in [1.165, 1.54) is 19.3 Å². The van der Waals surface area contributed by atoms with Crippen molar-refractivity contribution in [2.75, 3.05) is 0 Å². The number of hydrogen-bond acceptors (Lipinski definition) is 0. The van der Waals surface area contributed by atoms with Gasteiger partial charge in [-0.3, -0.25) is 0 Å². The van der Waals surface area contributed by atoms with Crippen LogP contribution in [-0.2, 0) is 0 Å².